The third kappa shape index (κ3) is 4.23. The van der Waals surface area contributed by atoms with Gasteiger partial charge in [-0.3, -0.25) is 4.79 Å². The Balaban J connectivity index is 1.58. The molecule has 1 amide bonds. The highest BCUT2D eigenvalue weighted by molar-refractivity contribution is 9.10. The standard InChI is InChI=1S/C18H15BrN2O2/c19-14-5-3-13(4-6-14)18(22)21-16-9-7-15(8-10-16)20-12-17-2-1-11-23-17/h1-11,20H,12H2,(H,21,22). The zero-order chi connectivity index (χ0) is 16.1. The Kier molecular flexibility index (Phi) is 4.78. The molecule has 0 fully saturated rings. The number of anilines is 2. The molecule has 0 saturated carbocycles. The highest BCUT2D eigenvalue weighted by Gasteiger charge is 2.05. The van der Waals surface area contributed by atoms with Gasteiger partial charge in [-0.25, -0.2) is 0 Å². The fourth-order valence-electron chi connectivity index (χ4n) is 2.08. The molecule has 2 aromatic carbocycles. The molecule has 0 bridgehead atoms. The van der Waals surface area contributed by atoms with Gasteiger partial charge in [0.25, 0.3) is 5.91 Å². The summed E-state index contributed by atoms with van der Waals surface area (Å²) in [5.74, 6) is 0.742. The number of rotatable bonds is 5. The van der Waals surface area contributed by atoms with Gasteiger partial charge in [0.15, 0.2) is 0 Å². The Morgan fingerprint density at radius 1 is 0.957 bits per heavy atom. The number of benzene rings is 2. The van der Waals surface area contributed by atoms with E-state index < -0.39 is 0 Å². The predicted molar refractivity (Wildman–Crippen MR) is 94.6 cm³/mol. The number of carbonyl (C=O) groups excluding carboxylic acids is 1. The summed E-state index contributed by atoms with van der Waals surface area (Å²) in [6.45, 7) is 0.623. The van der Waals surface area contributed by atoms with Gasteiger partial charge in [-0.2, -0.15) is 0 Å². The van der Waals surface area contributed by atoms with E-state index in [-0.39, 0.29) is 5.91 Å². The maximum Gasteiger partial charge on any atom is 0.255 e. The predicted octanol–water partition coefficient (Wildman–Crippen LogP) is 4.91. The second-order valence-corrected chi connectivity index (χ2v) is 5.89. The monoisotopic (exact) mass is 370 g/mol. The molecule has 0 spiro atoms. The van der Waals surface area contributed by atoms with Crippen molar-refractivity contribution in [1.29, 1.82) is 0 Å². The van der Waals surface area contributed by atoms with Crippen LogP contribution in [0.4, 0.5) is 11.4 Å². The van der Waals surface area contributed by atoms with E-state index in [4.69, 9.17) is 4.42 Å². The zero-order valence-electron chi connectivity index (χ0n) is 12.3. The van der Waals surface area contributed by atoms with Crippen LogP contribution in [0.25, 0.3) is 0 Å². The van der Waals surface area contributed by atoms with Gasteiger partial charge in [-0.1, -0.05) is 15.9 Å². The van der Waals surface area contributed by atoms with Gasteiger partial charge >= 0.3 is 0 Å². The maximum atomic E-state index is 12.1. The van der Waals surface area contributed by atoms with Gasteiger partial charge in [0.2, 0.25) is 0 Å². The van der Waals surface area contributed by atoms with Gasteiger partial charge in [-0.05, 0) is 60.7 Å². The van der Waals surface area contributed by atoms with Crippen molar-refractivity contribution in [2.45, 2.75) is 6.54 Å². The molecule has 0 atom stereocenters. The van der Waals surface area contributed by atoms with E-state index in [1.54, 1.807) is 18.4 Å². The van der Waals surface area contributed by atoms with Gasteiger partial charge < -0.3 is 15.1 Å². The molecule has 0 radical (unpaired) electrons. The normalized spacial score (nSPS) is 10.3. The van der Waals surface area contributed by atoms with Crippen molar-refractivity contribution in [2.75, 3.05) is 10.6 Å². The number of nitrogens with one attached hydrogen (secondary N) is 2. The molecule has 2 N–H and O–H groups in total. The summed E-state index contributed by atoms with van der Waals surface area (Å²) >= 11 is 3.35. The van der Waals surface area contributed by atoms with E-state index >= 15 is 0 Å². The minimum Gasteiger partial charge on any atom is -0.467 e. The second-order valence-electron chi connectivity index (χ2n) is 4.97. The molecule has 3 aromatic rings. The lowest BCUT2D eigenvalue weighted by Gasteiger charge is -2.08. The molecule has 0 aliphatic carbocycles. The molecule has 0 aliphatic rings. The molecular formula is C18H15BrN2O2. The molecule has 0 unspecified atom stereocenters. The summed E-state index contributed by atoms with van der Waals surface area (Å²) in [6, 6.07) is 18.6. The van der Waals surface area contributed by atoms with Gasteiger partial charge in [0.05, 0.1) is 12.8 Å². The van der Waals surface area contributed by atoms with Crippen molar-refractivity contribution in [3.05, 3.63) is 82.7 Å². The Labute approximate surface area is 142 Å². The quantitative estimate of drug-likeness (QED) is 0.670. The number of halogens is 1. The van der Waals surface area contributed by atoms with Crippen LogP contribution in [0, 0.1) is 0 Å². The van der Waals surface area contributed by atoms with Gasteiger partial charge in [0, 0.05) is 21.4 Å². The molecule has 1 heterocycles. The average molecular weight is 371 g/mol. The SMILES string of the molecule is O=C(Nc1ccc(NCc2ccco2)cc1)c1ccc(Br)cc1. The number of amides is 1. The Hall–Kier alpha value is -2.53. The van der Waals surface area contributed by atoms with Crippen LogP contribution in [0.15, 0.2) is 75.8 Å². The Bertz CT molecular complexity index is 766. The topological polar surface area (TPSA) is 54.3 Å². The molecule has 4 nitrogen and oxygen atoms in total. The van der Waals surface area contributed by atoms with Crippen LogP contribution in [0.5, 0.6) is 0 Å². The summed E-state index contributed by atoms with van der Waals surface area (Å²) in [4.78, 5) is 12.1. The average Bonchev–Trinajstić information content (AvgIpc) is 3.08. The summed E-state index contributed by atoms with van der Waals surface area (Å²) in [5.41, 5.74) is 2.33. The van der Waals surface area contributed by atoms with Crippen LogP contribution < -0.4 is 10.6 Å². The lowest BCUT2D eigenvalue weighted by molar-refractivity contribution is 0.102. The lowest BCUT2D eigenvalue weighted by atomic mass is 10.2. The van der Waals surface area contributed by atoms with E-state index in [0.29, 0.717) is 12.1 Å². The fourth-order valence-corrected chi connectivity index (χ4v) is 2.34. The van der Waals surface area contributed by atoms with Crippen molar-refractivity contribution in [3.63, 3.8) is 0 Å². The molecule has 1 aromatic heterocycles. The van der Waals surface area contributed by atoms with E-state index in [9.17, 15) is 4.79 Å². The molecule has 0 saturated heterocycles. The van der Waals surface area contributed by atoms with Crippen molar-refractivity contribution in [1.82, 2.24) is 0 Å². The molecule has 0 aliphatic heterocycles. The van der Waals surface area contributed by atoms with Crippen LogP contribution >= 0.6 is 15.9 Å². The maximum absolute atomic E-state index is 12.1. The second kappa shape index (κ2) is 7.15. The van der Waals surface area contributed by atoms with Crippen LogP contribution in [0.3, 0.4) is 0 Å². The van der Waals surface area contributed by atoms with Crippen LogP contribution in [0.1, 0.15) is 16.1 Å². The van der Waals surface area contributed by atoms with E-state index in [1.165, 1.54) is 0 Å². The molecular weight excluding hydrogens is 356 g/mol. The fraction of sp³-hybridized carbons (Fsp3) is 0.0556. The van der Waals surface area contributed by atoms with E-state index in [0.717, 1.165) is 21.6 Å². The number of furan rings is 1. The van der Waals surface area contributed by atoms with Crippen LogP contribution in [-0.4, -0.2) is 5.91 Å². The van der Waals surface area contributed by atoms with Crippen molar-refractivity contribution >= 4 is 33.2 Å². The highest BCUT2D eigenvalue weighted by atomic mass is 79.9. The van der Waals surface area contributed by atoms with Crippen molar-refractivity contribution in [2.24, 2.45) is 0 Å². The largest absolute Gasteiger partial charge is 0.467 e. The summed E-state index contributed by atoms with van der Waals surface area (Å²) in [7, 11) is 0. The lowest BCUT2D eigenvalue weighted by Crippen LogP contribution is -2.11. The number of hydrogen-bond acceptors (Lipinski definition) is 3. The Morgan fingerprint density at radius 2 is 1.65 bits per heavy atom. The zero-order valence-corrected chi connectivity index (χ0v) is 13.8. The molecule has 3 rings (SSSR count). The van der Waals surface area contributed by atoms with Crippen LogP contribution in [-0.2, 0) is 6.54 Å². The van der Waals surface area contributed by atoms with Crippen molar-refractivity contribution < 1.29 is 9.21 Å². The van der Waals surface area contributed by atoms with Crippen molar-refractivity contribution in [3.8, 4) is 0 Å². The summed E-state index contributed by atoms with van der Waals surface area (Å²) in [5, 5.41) is 6.13. The molecule has 116 valence electrons. The number of carbonyl (C=O) groups is 1. The van der Waals surface area contributed by atoms with Gasteiger partial charge in [-0.15, -0.1) is 0 Å². The molecule has 5 heteroatoms. The highest BCUT2D eigenvalue weighted by Crippen LogP contribution is 2.16. The first-order valence-corrected chi connectivity index (χ1v) is 7.93. The summed E-state index contributed by atoms with van der Waals surface area (Å²) in [6.07, 6.45) is 1.65. The number of hydrogen-bond donors (Lipinski definition) is 2. The van der Waals surface area contributed by atoms with E-state index in [1.807, 2.05) is 48.5 Å². The smallest absolute Gasteiger partial charge is 0.255 e. The summed E-state index contributed by atoms with van der Waals surface area (Å²) < 4.78 is 6.21. The van der Waals surface area contributed by atoms with Gasteiger partial charge in [0.1, 0.15) is 5.76 Å². The molecule has 23 heavy (non-hydrogen) atoms. The van der Waals surface area contributed by atoms with Crippen LogP contribution in [0.2, 0.25) is 0 Å². The first kappa shape index (κ1) is 15.4. The van der Waals surface area contributed by atoms with E-state index in [2.05, 4.69) is 26.6 Å². The first-order chi connectivity index (χ1) is 11.2. The Morgan fingerprint density at radius 3 is 2.30 bits per heavy atom. The third-order valence-electron chi connectivity index (χ3n) is 3.30. The minimum absolute atomic E-state index is 0.131. The third-order valence-corrected chi connectivity index (χ3v) is 3.82. The first-order valence-electron chi connectivity index (χ1n) is 7.14. The minimum atomic E-state index is -0.131.